The Morgan fingerprint density at radius 1 is 1.00 bits per heavy atom. The summed E-state index contributed by atoms with van der Waals surface area (Å²) in [6, 6.07) is 4.55. The van der Waals surface area contributed by atoms with Crippen LogP contribution in [0.2, 0.25) is 0 Å². The lowest BCUT2D eigenvalue weighted by Gasteiger charge is -2.25. The van der Waals surface area contributed by atoms with Crippen molar-refractivity contribution < 1.29 is 0 Å². The van der Waals surface area contributed by atoms with Gasteiger partial charge in [0.25, 0.3) is 0 Å². The number of rotatable bonds is 2. The van der Waals surface area contributed by atoms with Gasteiger partial charge in [-0.3, -0.25) is 0 Å². The quantitative estimate of drug-likeness (QED) is 0.750. The summed E-state index contributed by atoms with van der Waals surface area (Å²) in [6.07, 6.45) is 6.84. The molecule has 1 aliphatic carbocycles. The summed E-state index contributed by atoms with van der Waals surface area (Å²) in [4.78, 5) is 4.38. The minimum atomic E-state index is 1.16. The minimum absolute atomic E-state index is 1.16. The molecule has 1 aromatic carbocycles. The van der Waals surface area contributed by atoms with Gasteiger partial charge < -0.3 is 9.80 Å². The Morgan fingerprint density at radius 2 is 1.75 bits per heavy atom. The van der Waals surface area contributed by atoms with E-state index >= 15 is 0 Å². The number of benzene rings is 1. The molecular weight excluding hydrogens is 196 g/mol. The van der Waals surface area contributed by atoms with E-state index in [1.165, 1.54) is 22.5 Å². The first-order valence-corrected chi connectivity index (χ1v) is 5.77. The molecule has 1 aromatic rings. The Labute approximate surface area is 98.2 Å². The van der Waals surface area contributed by atoms with Gasteiger partial charge in [-0.05, 0) is 36.1 Å². The van der Waals surface area contributed by atoms with Crippen molar-refractivity contribution >= 4 is 17.5 Å². The summed E-state index contributed by atoms with van der Waals surface area (Å²) in [5.74, 6) is 0. The number of hydrogen-bond acceptors (Lipinski definition) is 2. The van der Waals surface area contributed by atoms with Gasteiger partial charge in [0.15, 0.2) is 0 Å². The molecule has 0 atom stereocenters. The van der Waals surface area contributed by atoms with E-state index in [0.29, 0.717) is 0 Å². The third kappa shape index (κ3) is 1.92. The maximum Gasteiger partial charge on any atom is 0.0420 e. The fourth-order valence-corrected chi connectivity index (χ4v) is 2.18. The molecule has 1 aliphatic rings. The zero-order valence-electron chi connectivity index (χ0n) is 10.6. The predicted octanol–water partition coefficient (Wildman–Crippen LogP) is 2.78. The largest absolute Gasteiger partial charge is 0.378 e. The Hall–Kier alpha value is -1.44. The summed E-state index contributed by atoms with van der Waals surface area (Å²) < 4.78 is 0. The van der Waals surface area contributed by atoms with Crippen molar-refractivity contribution in [1.82, 2.24) is 0 Å². The fraction of sp³-hybridized carbons (Fsp3) is 0.429. The van der Waals surface area contributed by atoms with Crippen molar-refractivity contribution in [3.8, 4) is 0 Å². The molecule has 0 aliphatic heterocycles. The SMILES string of the molecule is CN(C)c1cc2c(c(N(C)C)c1)CCC=C2. The van der Waals surface area contributed by atoms with Crippen LogP contribution in [0.15, 0.2) is 18.2 Å². The first kappa shape index (κ1) is 11.1. The van der Waals surface area contributed by atoms with Crippen LogP contribution in [0.25, 0.3) is 6.08 Å². The first-order chi connectivity index (χ1) is 7.59. The number of hydrogen-bond donors (Lipinski definition) is 0. The van der Waals surface area contributed by atoms with Crippen molar-refractivity contribution in [2.75, 3.05) is 38.0 Å². The summed E-state index contributed by atoms with van der Waals surface area (Å²) >= 11 is 0. The lowest BCUT2D eigenvalue weighted by molar-refractivity contribution is 0.962. The number of allylic oxidation sites excluding steroid dienone is 1. The van der Waals surface area contributed by atoms with Gasteiger partial charge >= 0.3 is 0 Å². The first-order valence-electron chi connectivity index (χ1n) is 5.77. The summed E-state index contributed by atoms with van der Waals surface area (Å²) in [5, 5.41) is 0. The molecule has 0 heterocycles. The van der Waals surface area contributed by atoms with Crippen molar-refractivity contribution in [1.29, 1.82) is 0 Å². The summed E-state index contributed by atoms with van der Waals surface area (Å²) in [6.45, 7) is 0. The van der Waals surface area contributed by atoms with E-state index in [1.807, 2.05) is 0 Å². The standard InChI is InChI=1S/C14H20N2/c1-15(2)12-9-11-7-5-6-8-13(11)14(10-12)16(3)4/h5,7,9-10H,6,8H2,1-4H3. The van der Waals surface area contributed by atoms with E-state index < -0.39 is 0 Å². The second-order valence-electron chi connectivity index (χ2n) is 4.76. The monoisotopic (exact) mass is 216 g/mol. The Kier molecular flexibility index (Phi) is 2.90. The smallest absolute Gasteiger partial charge is 0.0420 e. The van der Waals surface area contributed by atoms with Crippen LogP contribution in [-0.4, -0.2) is 28.2 Å². The van der Waals surface area contributed by atoms with E-state index in [2.05, 4.69) is 62.3 Å². The Balaban J connectivity index is 2.58. The summed E-state index contributed by atoms with van der Waals surface area (Å²) in [5.41, 5.74) is 5.49. The molecule has 2 heteroatoms. The maximum atomic E-state index is 2.28. The molecule has 0 amide bonds. The average molecular weight is 216 g/mol. The third-order valence-corrected chi connectivity index (χ3v) is 3.10. The molecule has 86 valence electrons. The minimum Gasteiger partial charge on any atom is -0.378 e. The van der Waals surface area contributed by atoms with Crippen LogP contribution in [0.1, 0.15) is 17.5 Å². The normalized spacial score (nSPS) is 13.5. The maximum absolute atomic E-state index is 2.28. The Morgan fingerprint density at radius 3 is 2.38 bits per heavy atom. The molecule has 0 fully saturated rings. The molecule has 2 rings (SSSR count). The zero-order valence-corrected chi connectivity index (χ0v) is 10.6. The number of anilines is 2. The van der Waals surface area contributed by atoms with Gasteiger partial charge in [-0.2, -0.15) is 0 Å². The highest BCUT2D eigenvalue weighted by Crippen LogP contribution is 2.32. The van der Waals surface area contributed by atoms with Crippen molar-refractivity contribution in [2.24, 2.45) is 0 Å². The highest BCUT2D eigenvalue weighted by atomic mass is 15.1. The molecule has 0 unspecified atom stereocenters. The molecule has 0 saturated carbocycles. The van der Waals surface area contributed by atoms with Gasteiger partial charge in [-0.1, -0.05) is 12.2 Å². The number of nitrogens with zero attached hydrogens (tertiary/aromatic N) is 2. The average Bonchev–Trinajstić information content (AvgIpc) is 2.27. The van der Waals surface area contributed by atoms with E-state index in [-0.39, 0.29) is 0 Å². The van der Waals surface area contributed by atoms with Gasteiger partial charge in [0.2, 0.25) is 0 Å². The molecule has 0 N–H and O–H groups in total. The second kappa shape index (κ2) is 4.20. The van der Waals surface area contributed by atoms with Crippen LogP contribution >= 0.6 is 0 Å². The lowest BCUT2D eigenvalue weighted by Crippen LogP contribution is -2.16. The molecular formula is C14H20N2. The molecule has 0 radical (unpaired) electrons. The highest BCUT2D eigenvalue weighted by molar-refractivity contribution is 5.73. The number of fused-ring (bicyclic) bond motifs is 1. The van der Waals surface area contributed by atoms with E-state index in [4.69, 9.17) is 0 Å². The summed E-state index contributed by atoms with van der Waals surface area (Å²) in [7, 11) is 8.42. The van der Waals surface area contributed by atoms with Crippen molar-refractivity contribution in [3.63, 3.8) is 0 Å². The van der Waals surface area contributed by atoms with Gasteiger partial charge in [-0.25, -0.2) is 0 Å². The van der Waals surface area contributed by atoms with Gasteiger partial charge in [0.1, 0.15) is 0 Å². The molecule has 0 aromatic heterocycles. The molecule has 2 nitrogen and oxygen atoms in total. The Bertz CT molecular complexity index is 417. The van der Waals surface area contributed by atoms with Crippen LogP contribution in [0, 0.1) is 0 Å². The van der Waals surface area contributed by atoms with Crippen molar-refractivity contribution in [3.05, 3.63) is 29.3 Å². The fourth-order valence-electron chi connectivity index (χ4n) is 2.18. The second-order valence-corrected chi connectivity index (χ2v) is 4.76. The lowest BCUT2D eigenvalue weighted by atomic mass is 9.94. The van der Waals surface area contributed by atoms with Crippen LogP contribution < -0.4 is 9.80 Å². The molecule has 0 saturated heterocycles. The zero-order chi connectivity index (χ0) is 11.7. The topological polar surface area (TPSA) is 6.48 Å². The van der Waals surface area contributed by atoms with Gasteiger partial charge in [-0.15, -0.1) is 0 Å². The molecule has 0 spiro atoms. The van der Waals surface area contributed by atoms with Crippen molar-refractivity contribution in [2.45, 2.75) is 12.8 Å². The van der Waals surface area contributed by atoms with Crippen LogP contribution in [0.5, 0.6) is 0 Å². The molecule has 0 bridgehead atoms. The van der Waals surface area contributed by atoms with E-state index in [0.717, 1.165) is 12.8 Å². The predicted molar refractivity (Wildman–Crippen MR) is 72.5 cm³/mol. The van der Waals surface area contributed by atoms with Gasteiger partial charge in [0.05, 0.1) is 0 Å². The van der Waals surface area contributed by atoms with Crippen LogP contribution in [0.3, 0.4) is 0 Å². The highest BCUT2D eigenvalue weighted by Gasteiger charge is 2.13. The molecule has 16 heavy (non-hydrogen) atoms. The third-order valence-electron chi connectivity index (χ3n) is 3.10. The van der Waals surface area contributed by atoms with Crippen LogP contribution in [0.4, 0.5) is 11.4 Å². The van der Waals surface area contributed by atoms with E-state index in [9.17, 15) is 0 Å². The van der Waals surface area contributed by atoms with E-state index in [1.54, 1.807) is 0 Å². The van der Waals surface area contributed by atoms with Crippen LogP contribution in [-0.2, 0) is 6.42 Å². The van der Waals surface area contributed by atoms with Gasteiger partial charge in [0, 0.05) is 39.6 Å².